The SMILES string of the molecule is CCC1CN(CCc2ccccc2C)C(C(C)C)CN1. The predicted octanol–water partition coefficient (Wildman–Crippen LogP) is 3.25. The predicted molar refractivity (Wildman–Crippen MR) is 87.2 cm³/mol. The minimum Gasteiger partial charge on any atom is -0.311 e. The Labute approximate surface area is 124 Å². The first-order valence-corrected chi connectivity index (χ1v) is 8.13. The molecule has 1 aliphatic heterocycles. The average Bonchev–Trinajstić information content (AvgIpc) is 2.46. The van der Waals surface area contributed by atoms with Crippen molar-refractivity contribution in [3.05, 3.63) is 35.4 Å². The molecule has 1 heterocycles. The summed E-state index contributed by atoms with van der Waals surface area (Å²) in [6, 6.07) is 10.1. The normalized spacial score (nSPS) is 24.2. The van der Waals surface area contributed by atoms with Gasteiger partial charge in [-0.2, -0.15) is 0 Å². The van der Waals surface area contributed by atoms with E-state index in [1.54, 1.807) is 0 Å². The van der Waals surface area contributed by atoms with Crippen LogP contribution in [0.5, 0.6) is 0 Å². The Morgan fingerprint density at radius 2 is 2.05 bits per heavy atom. The maximum Gasteiger partial charge on any atom is 0.0244 e. The quantitative estimate of drug-likeness (QED) is 0.886. The maximum absolute atomic E-state index is 3.70. The molecule has 1 N–H and O–H groups in total. The molecule has 0 spiro atoms. The van der Waals surface area contributed by atoms with Gasteiger partial charge in [0.25, 0.3) is 0 Å². The van der Waals surface area contributed by atoms with Crippen molar-refractivity contribution in [3.8, 4) is 0 Å². The van der Waals surface area contributed by atoms with Crippen LogP contribution in [0.3, 0.4) is 0 Å². The summed E-state index contributed by atoms with van der Waals surface area (Å²) in [5, 5.41) is 3.70. The maximum atomic E-state index is 3.70. The average molecular weight is 274 g/mol. The summed E-state index contributed by atoms with van der Waals surface area (Å²) in [5.41, 5.74) is 2.93. The Bertz CT molecular complexity index is 414. The van der Waals surface area contributed by atoms with E-state index in [0.717, 1.165) is 12.5 Å². The molecule has 0 radical (unpaired) electrons. The standard InChI is InChI=1S/C18H30N2/c1-5-17-13-20(18(12-19-17)14(2)3)11-10-16-9-7-6-8-15(16)4/h6-9,14,17-19H,5,10-13H2,1-4H3. The van der Waals surface area contributed by atoms with E-state index in [4.69, 9.17) is 0 Å². The van der Waals surface area contributed by atoms with Crippen LogP contribution in [0, 0.1) is 12.8 Å². The molecule has 2 nitrogen and oxygen atoms in total. The minimum atomic E-state index is 0.668. The Morgan fingerprint density at radius 3 is 2.70 bits per heavy atom. The molecule has 0 aliphatic carbocycles. The van der Waals surface area contributed by atoms with Gasteiger partial charge in [0.2, 0.25) is 0 Å². The highest BCUT2D eigenvalue weighted by atomic mass is 15.2. The molecule has 1 fully saturated rings. The van der Waals surface area contributed by atoms with Gasteiger partial charge in [0.15, 0.2) is 0 Å². The van der Waals surface area contributed by atoms with Crippen LogP contribution < -0.4 is 5.32 Å². The van der Waals surface area contributed by atoms with Gasteiger partial charge in [0, 0.05) is 31.7 Å². The van der Waals surface area contributed by atoms with Gasteiger partial charge in [-0.1, -0.05) is 45.0 Å². The van der Waals surface area contributed by atoms with E-state index in [0.29, 0.717) is 12.1 Å². The van der Waals surface area contributed by atoms with E-state index >= 15 is 0 Å². The van der Waals surface area contributed by atoms with Gasteiger partial charge in [0.1, 0.15) is 0 Å². The van der Waals surface area contributed by atoms with Gasteiger partial charge in [-0.15, -0.1) is 0 Å². The zero-order chi connectivity index (χ0) is 14.5. The smallest absolute Gasteiger partial charge is 0.0244 e. The van der Waals surface area contributed by atoms with E-state index in [1.807, 2.05) is 0 Å². The summed E-state index contributed by atoms with van der Waals surface area (Å²) in [4.78, 5) is 2.71. The van der Waals surface area contributed by atoms with E-state index in [2.05, 4.69) is 62.2 Å². The second kappa shape index (κ2) is 7.24. The van der Waals surface area contributed by atoms with Crippen LogP contribution in [-0.4, -0.2) is 36.6 Å². The third-order valence-corrected chi connectivity index (χ3v) is 4.73. The number of hydrogen-bond acceptors (Lipinski definition) is 2. The highest BCUT2D eigenvalue weighted by Gasteiger charge is 2.28. The molecule has 1 aliphatic rings. The summed E-state index contributed by atoms with van der Waals surface area (Å²) < 4.78 is 0. The first-order chi connectivity index (χ1) is 9.61. The Morgan fingerprint density at radius 1 is 1.30 bits per heavy atom. The van der Waals surface area contributed by atoms with Gasteiger partial charge < -0.3 is 5.32 Å². The van der Waals surface area contributed by atoms with Crippen LogP contribution in [0.1, 0.15) is 38.3 Å². The molecule has 112 valence electrons. The number of benzene rings is 1. The lowest BCUT2D eigenvalue weighted by Crippen LogP contribution is -2.58. The first-order valence-electron chi connectivity index (χ1n) is 8.13. The Balaban J connectivity index is 1.98. The number of nitrogens with one attached hydrogen (secondary N) is 1. The van der Waals surface area contributed by atoms with E-state index < -0.39 is 0 Å². The second-order valence-corrected chi connectivity index (χ2v) is 6.50. The summed E-state index contributed by atoms with van der Waals surface area (Å²) in [6.07, 6.45) is 2.40. The molecule has 1 aromatic carbocycles. The van der Waals surface area contributed by atoms with Crippen molar-refractivity contribution in [2.24, 2.45) is 5.92 Å². The van der Waals surface area contributed by atoms with Crippen LogP contribution in [-0.2, 0) is 6.42 Å². The molecule has 1 aromatic rings. The zero-order valence-corrected chi connectivity index (χ0v) is 13.5. The molecule has 2 unspecified atom stereocenters. The molecule has 20 heavy (non-hydrogen) atoms. The third kappa shape index (κ3) is 3.83. The fourth-order valence-electron chi connectivity index (χ4n) is 3.24. The number of hydrogen-bond donors (Lipinski definition) is 1. The van der Waals surface area contributed by atoms with Crippen LogP contribution in [0.15, 0.2) is 24.3 Å². The second-order valence-electron chi connectivity index (χ2n) is 6.50. The summed E-state index contributed by atoms with van der Waals surface area (Å²) in [7, 11) is 0. The molecule has 2 atom stereocenters. The molecule has 0 bridgehead atoms. The van der Waals surface area contributed by atoms with Gasteiger partial charge in [0.05, 0.1) is 0 Å². The fraction of sp³-hybridized carbons (Fsp3) is 0.667. The van der Waals surface area contributed by atoms with Gasteiger partial charge in [-0.3, -0.25) is 4.90 Å². The summed E-state index contributed by atoms with van der Waals surface area (Å²) in [6.45, 7) is 12.7. The van der Waals surface area contributed by atoms with Crippen molar-refractivity contribution in [2.45, 2.75) is 52.6 Å². The fourth-order valence-corrected chi connectivity index (χ4v) is 3.24. The topological polar surface area (TPSA) is 15.3 Å². The molecule has 2 heteroatoms. The molecule has 0 aromatic heterocycles. The summed E-state index contributed by atoms with van der Waals surface area (Å²) in [5.74, 6) is 0.720. The van der Waals surface area contributed by atoms with E-state index in [1.165, 1.54) is 37.1 Å². The van der Waals surface area contributed by atoms with Gasteiger partial charge >= 0.3 is 0 Å². The number of nitrogens with zero attached hydrogens (tertiary/aromatic N) is 1. The minimum absolute atomic E-state index is 0.668. The zero-order valence-electron chi connectivity index (χ0n) is 13.5. The monoisotopic (exact) mass is 274 g/mol. The largest absolute Gasteiger partial charge is 0.311 e. The lowest BCUT2D eigenvalue weighted by atomic mass is 9.96. The number of aryl methyl sites for hydroxylation is 1. The third-order valence-electron chi connectivity index (χ3n) is 4.73. The molecular formula is C18H30N2. The molecule has 0 amide bonds. The van der Waals surface area contributed by atoms with Gasteiger partial charge in [-0.05, 0) is 36.8 Å². The van der Waals surface area contributed by atoms with Crippen molar-refractivity contribution < 1.29 is 0 Å². The van der Waals surface area contributed by atoms with Crippen molar-refractivity contribution >= 4 is 0 Å². The molecule has 0 saturated carbocycles. The molecule has 1 saturated heterocycles. The van der Waals surface area contributed by atoms with Crippen molar-refractivity contribution in [1.29, 1.82) is 0 Å². The molecular weight excluding hydrogens is 244 g/mol. The number of rotatable bonds is 5. The van der Waals surface area contributed by atoms with E-state index in [-0.39, 0.29) is 0 Å². The summed E-state index contributed by atoms with van der Waals surface area (Å²) >= 11 is 0. The van der Waals surface area contributed by atoms with Gasteiger partial charge in [-0.25, -0.2) is 0 Å². The van der Waals surface area contributed by atoms with Crippen molar-refractivity contribution in [3.63, 3.8) is 0 Å². The highest BCUT2D eigenvalue weighted by Crippen LogP contribution is 2.18. The Hall–Kier alpha value is -0.860. The van der Waals surface area contributed by atoms with Crippen LogP contribution in [0.25, 0.3) is 0 Å². The van der Waals surface area contributed by atoms with Crippen molar-refractivity contribution in [2.75, 3.05) is 19.6 Å². The van der Waals surface area contributed by atoms with Crippen LogP contribution in [0.2, 0.25) is 0 Å². The van der Waals surface area contributed by atoms with Crippen LogP contribution in [0.4, 0.5) is 0 Å². The highest BCUT2D eigenvalue weighted by molar-refractivity contribution is 5.25. The first kappa shape index (κ1) is 15.5. The molecule has 2 rings (SSSR count). The lowest BCUT2D eigenvalue weighted by molar-refractivity contribution is 0.0984. The van der Waals surface area contributed by atoms with E-state index in [9.17, 15) is 0 Å². The van der Waals surface area contributed by atoms with Crippen molar-refractivity contribution in [1.82, 2.24) is 10.2 Å². The Kier molecular flexibility index (Phi) is 5.62. The number of piperazine rings is 1. The lowest BCUT2D eigenvalue weighted by Gasteiger charge is -2.42. The van der Waals surface area contributed by atoms with Crippen LogP contribution >= 0.6 is 0 Å².